The largest absolute Gasteiger partial charge is 0.461 e. The molecule has 1 saturated carbocycles. The third kappa shape index (κ3) is 5.99. The van der Waals surface area contributed by atoms with Crippen LogP contribution < -0.4 is 0 Å². The zero-order valence-corrected chi connectivity index (χ0v) is 11.9. The zero-order valence-electron chi connectivity index (χ0n) is 11.9. The molecule has 19 heavy (non-hydrogen) atoms. The quantitative estimate of drug-likeness (QED) is 0.548. The summed E-state index contributed by atoms with van der Waals surface area (Å²) < 4.78 is 4.95. The molecule has 1 fully saturated rings. The lowest BCUT2D eigenvalue weighted by molar-refractivity contribution is -0.136. The van der Waals surface area contributed by atoms with Gasteiger partial charge in [0.1, 0.15) is 12.3 Å². The first-order valence-electron chi connectivity index (χ1n) is 7.07. The Morgan fingerprint density at radius 3 is 2.53 bits per heavy atom. The summed E-state index contributed by atoms with van der Waals surface area (Å²) in [5.74, 6) is -0.0942. The van der Waals surface area contributed by atoms with Crippen LogP contribution in [0, 0.1) is 18.8 Å². The van der Waals surface area contributed by atoms with E-state index in [0.29, 0.717) is 6.61 Å². The summed E-state index contributed by atoms with van der Waals surface area (Å²) in [6, 6.07) is -0.685. The SMILES string of the molecule is [CH2][C@H](N=CC(=O)OCC(C)C)C(=O)C1CCCCC1. The van der Waals surface area contributed by atoms with E-state index in [1.807, 2.05) is 13.8 Å². The number of ether oxygens (including phenoxy) is 1. The maximum Gasteiger partial charge on any atom is 0.348 e. The van der Waals surface area contributed by atoms with Gasteiger partial charge in [-0.2, -0.15) is 0 Å². The number of nitrogens with zero attached hydrogens (tertiary/aromatic N) is 1. The monoisotopic (exact) mass is 266 g/mol. The topological polar surface area (TPSA) is 55.7 Å². The van der Waals surface area contributed by atoms with Crippen LogP contribution >= 0.6 is 0 Å². The maximum absolute atomic E-state index is 12.0. The number of hydrogen-bond acceptors (Lipinski definition) is 4. The molecular formula is C15H24NO3. The molecule has 1 atom stereocenters. The van der Waals surface area contributed by atoms with Crippen molar-refractivity contribution in [3.63, 3.8) is 0 Å². The Morgan fingerprint density at radius 1 is 1.32 bits per heavy atom. The molecule has 0 spiro atoms. The Balaban J connectivity index is 2.37. The molecule has 0 N–H and O–H groups in total. The van der Waals surface area contributed by atoms with E-state index in [1.54, 1.807) is 0 Å². The Labute approximate surface area is 115 Å². The van der Waals surface area contributed by atoms with Crippen molar-refractivity contribution in [2.45, 2.75) is 52.0 Å². The third-order valence-electron chi connectivity index (χ3n) is 3.25. The van der Waals surface area contributed by atoms with Gasteiger partial charge in [0.05, 0.1) is 6.61 Å². The number of rotatable bonds is 6. The number of carbonyl (C=O) groups is 2. The average Bonchev–Trinajstić information content (AvgIpc) is 2.42. The second-order valence-corrected chi connectivity index (χ2v) is 5.56. The minimum absolute atomic E-state index is 0.0487. The van der Waals surface area contributed by atoms with Crippen LogP contribution in [-0.2, 0) is 14.3 Å². The fourth-order valence-electron chi connectivity index (χ4n) is 2.17. The van der Waals surface area contributed by atoms with Crippen LogP contribution in [0.3, 0.4) is 0 Å². The van der Waals surface area contributed by atoms with Gasteiger partial charge in [0.25, 0.3) is 0 Å². The van der Waals surface area contributed by atoms with Crippen LogP contribution in [-0.4, -0.2) is 30.6 Å². The predicted octanol–water partition coefficient (Wildman–Crippen LogP) is 2.61. The van der Waals surface area contributed by atoms with Crippen LogP contribution in [0.4, 0.5) is 0 Å². The number of carbonyl (C=O) groups excluding carboxylic acids is 2. The molecule has 107 valence electrons. The van der Waals surface area contributed by atoms with E-state index in [9.17, 15) is 9.59 Å². The summed E-state index contributed by atoms with van der Waals surface area (Å²) >= 11 is 0. The van der Waals surface area contributed by atoms with Crippen LogP contribution in [0.1, 0.15) is 46.0 Å². The fourth-order valence-corrected chi connectivity index (χ4v) is 2.17. The van der Waals surface area contributed by atoms with E-state index in [1.165, 1.54) is 6.42 Å². The van der Waals surface area contributed by atoms with Gasteiger partial charge >= 0.3 is 5.97 Å². The molecule has 1 aliphatic rings. The molecule has 4 heteroatoms. The number of esters is 1. The van der Waals surface area contributed by atoms with Gasteiger partial charge in [-0.3, -0.25) is 9.79 Å². The van der Waals surface area contributed by atoms with E-state index in [2.05, 4.69) is 11.9 Å². The lowest BCUT2D eigenvalue weighted by Gasteiger charge is -2.21. The summed E-state index contributed by atoms with van der Waals surface area (Å²) in [6.45, 7) is 8.01. The van der Waals surface area contributed by atoms with Gasteiger partial charge in [-0.05, 0) is 25.7 Å². The number of hydrogen-bond donors (Lipinski definition) is 0. The number of aliphatic imine (C=N–C) groups is 1. The van der Waals surface area contributed by atoms with Gasteiger partial charge in [-0.1, -0.05) is 33.1 Å². The first-order valence-corrected chi connectivity index (χ1v) is 7.07. The molecule has 0 bridgehead atoms. The molecule has 1 radical (unpaired) electrons. The van der Waals surface area contributed by atoms with E-state index >= 15 is 0 Å². The normalized spacial score (nSPS) is 18.7. The maximum atomic E-state index is 12.0. The Morgan fingerprint density at radius 2 is 1.95 bits per heavy atom. The van der Waals surface area contributed by atoms with Crippen molar-refractivity contribution in [2.75, 3.05) is 6.61 Å². The zero-order chi connectivity index (χ0) is 14.3. The molecular weight excluding hydrogens is 242 g/mol. The highest BCUT2D eigenvalue weighted by molar-refractivity contribution is 6.23. The summed E-state index contributed by atoms with van der Waals surface area (Å²) in [7, 11) is 0. The van der Waals surface area contributed by atoms with Crippen LogP contribution in [0.2, 0.25) is 0 Å². The first-order chi connectivity index (χ1) is 9.00. The van der Waals surface area contributed by atoms with E-state index in [4.69, 9.17) is 4.74 Å². The van der Waals surface area contributed by atoms with Crippen LogP contribution in [0.25, 0.3) is 0 Å². The highest BCUT2D eigenvalue weighted by Gasteiger charge is 2.25. The summed E-state index contributed by atoms with van der Waals surface area (Å²) in [6.07, 6.45) is 6.35. The third-order valence-corrected chi connectivity index (χ3v) is 3.25. The van der Waals surface area contributed by atoms with Crippen LogP contribution in [0.15, 0.2) is 4.99 Å². The average molecular weight is 266 g/mol. The van der Waals surface area contributed by atoms with Gasteiger partial charge < -0.3 is 4.74 Å². The Kier molecular flexibility index (Phi) is 6.74. The number of ketones is 1. The van der Waals surface area contributed by atoms with Crippen molar-refractivity contribution >= 4 is 18.0 Å². The van der Waals surface area contributed by atoms with Gasteiger partial charge in [-0.25, -0.2) is 4.79 Å². The van der Waals surface area contributed by atoms with E-state index in [0.717, 1.165) is 31.9 Å². The van der Waals surface area contributed by atoms with Crippen molar-refractivity contribution in [1.29, 1.82) is 0 Å². The molecule has 0 aromatic carbocycles. The second kappa shape index (κ2) is 8.08. The minimum atomic E-state index is -0.685. The van der Waals surface area contributed by atoms with Crippen LogP contribution in [0.5, 0.6) is 0 Å². The first kappa shape index (κ1) is 15.9. The molecule has 0 aromatic rings. The smallest absolute Gasteiger partial charge is 0.348 e. The molecule has 1 rings (SSSR count). The van der Waals surface area contributed by atoms with Crippen molar-refractivity contribution in [1.82, 2.24) is 0 Å². The molecule has 4 nitrogen and oxygen atoms in total. The van der Waals surface area contributed by atoms with Gasteiger partial charge in [0, 0.05) is 5.92 Å². The summed E-state index contributed by atoms with van der Waals surface area (Å²) in [4.78, 5) is 27.3. The van der Waals surface area contributed by atoms with Crippen molar-refractivity contribution in [3.05, 3.63) is 6.92 Å². The highest BCUT2D eigenvalue weighted by Crippen LogP contribution is 2.25. The molecule has 0 aliphatic heterocycles. The predicted molar refractivity (Wildman–Crippen MR) is 75.0 cm³/mol. The molecule has 0 unspecified atom stereocenters. The Hall–Kier alpha value is -1.19. The lowest BCUT2D eigenvalue weighted by Crippen LogP contribution is -2.27. The Bertz CT molecular complexity index is 330. The lowest BCUT2D eigenvalue weighted by atomic mass is 9.84. The molecule has 0 heterocycles. The van der Waals surface area contributed by atoms with Gasteiger partial charge in [0.15, 0.2) is 5.78 Å². The van der Waals surface area contributed by atoms with Gasteiger partial charge in [0.2, 0.25) is 0 Å². The standard InChI is InChI=1S/C15H24NO3/c1-11(2)10-19-14(17)9-16-12(3)15(18)13-7-5-4-6-8-13/h9,11-13H,3-8,10H2,1-2H3/t12-/m0/s1. The second-order valence-electron chi connectivity index (χ2n) is 5.56. The summed E-state index contributed by atoms with van der Waals surface area (Å²) in [5.41, 5.74) is 0. The van der Waals surface area contributed by atoms with Crippen molar-refractivity contribution < 1.29 is 14.3 Å². The van der Waals surface area contributed by atoms with E-state index in [-0.39, 0.29) is 17.6 Å². The van der Waals surface area contributed by atoms with Crippen molar-refractivity contribution in [3.8, 4) is 0 Å². The highest BCUT2D eigenvalue weighted by atomic mass is 16.5. The van der Waals surface area contributed by atoms with Gasteiger partial charge in [-0.15, -0.1) is 0 Å². The molecule has 0 aromatic heterocycles. The minimum Gasteiger partial charge on any atom is -0.461 e. The molecule has 0 amide bonds. The molecule has 1 aliphatic carbocycles. The molecule has 0 saturated heterocycles. The number of Topliss-reactive ketones (excluding diaryl/α,β-unsaturated/α-hetero) is 1. The summed E-state index contributed by atoms with van der Waals surface area (Å²) in [5, 5.41) is 0. The van der Waals surface area contributed by atoms with E-state index < -0.39 is 12.0 Å². The van der Waals surface area contributed by atoms with Crippen molar-refractivity contribution in [2.24, 2.45) is 16.8 Å². The fraction of sp³-hybridized carbons (Fsp3) is 0.733.